The fraction of sp³-hybridized carbons (Fsp3) is 1.00. The van der Waals surface area contributed by atoms with Crippen molar-refractivity contribution in [2.24, 2.45) is 11.8 Å². The van der Waals surface area contributed by atoms with E-state index in [1.807, 2.05) is 13.8 Å². The van der Waals surface area contributed by atoms with Crippen LogP contribution in [0.2, 0.25) is 0 Å². The monoisotopic (exact) mass is 260 g/mol. The van der Waals surface area contributed by atoms with Crippen LogP contribution in [-0.4, -0.2) is 32.8 Å². The molecule has 17 heavy (non-hydrogen) atoms. The maximum atomic E-state index is 12.1. The summed E-state index contributed by atoms with van der Waals surface area (Å²) in [7, 11) is -3.13. The van der Waals surface area contributed by atoms with E-state index in [-0.39, 0.29) is 17.2 Å². The molecule has 1 atom stereocenters. The Bertz CT molecular complexity index is 355. The fourth-order valence-electron chi connectivity index (χ4n) is 2.71. The molecule has 2 fully saturated rings. The molecule has 0 aromatic heterocycles. The Morgan fingerprint density at radius 2 is 2.00 bits per heavy atom. The summed E-state index contributed by atoms with van der Waals surface area (Å²) in [6, 6.07) is 0. The number of nitrogens with one attached hydrogen (secondary N) is 2. The van der Waals surface area contributed by atoms with Gasteiger partial charge in [0.2, 0.25) is 10.0 Å². The van der Waals surface area contributed by atoms with Crippen molar-refractivity contribution >= 4 is 10.0 Å². The van der Waals surface area contributed by atoms with E-state index in [1.165, 1.54) is 0 Å². The summed E-state index contributed by atoms with van der Waals surface area (Å²) < 4.78 is 27.1. The van der Waals surface area contributed by atoms with Crippen LogP contribution in [0.1, 0.15) is 39.5 Å². The van der Waals surface area contributed by atoms with Crippen LogP contribution in [0.3, 0.4) is 0 Å². The van der Waals surface area contributed by atoms with Gasteiger partial charge in [0.15, 0.2) is 0 Å². The highest BCUT2D eigenvalue weighted by Crippen LogP contribution is 2.39. The topological polar surface area (TPSA) is 58.2 Å². The van der Waals surface area contributed by atoms with Crippen molar-refractivity contribution in [3.05, 3.63) is 0 Å². The lowest BCUT2D eigenvalue weighted by molar-refractivity contribution is 0.382. The molecule has 4 nitrogen and oxygen atoms in total. The second-order valence-corrected chi connectivity index (χ2v) is 7.86. The van der Waals surface area contributed by atoms with E-state index in [2.05, 4.69) is 10.0 Å². The van der Waals surface area contributed by atoms with Gasteiger partial charge >= 0.3 is 0 Å². The van der Waals surface area contributed by atoms with E-state index in [4.69, 9.17) is 0 Å². The molecule has 1 saturated carbocycles. The third-order valence-corrected chi connectivity index (χ3v) is 5.62. The van der Waals surface area contributed by atoms with Crippen molar-refractivity contribution in [2.75, 3.05) is 18.8 Å². The van der Waals surface area contributed by atoms with Gasteiger partial charge in [0.1, 0.15) is 0 Å². The van der Waals surface area contributed by atoms with Crippen LogP contribution in [0.25, 0.3) is 0 Å². The van der Waals surface area contributed by atoms with Crippen LogP contribution in [-0.2, 0) is 10.0 Å². The minimum absolute atomic E-state index is 0.263. The molecular weight excluding hydrogens is 236 g/mol. The first-order valence-electron chi connectivity index (χ1n) is 6.61. The van der Waals surface area contributed by atoms with Crippen molar-refractivity contribution in [3.63, 3.8) is 0 Å². The van der Waals surface area contributed by atoms with E-state index in [9.17, 15) is 8.42 Å². The molecule has 0 spiro atoms. The molecule has 1 unspecified atom stereocenters. The summed E-state index contributed by atoms with van der Waals surface area (Å²) in [6.07, 6.45) is 4.42. The average Bonchev–Trinajstić information content (AvgIpc) is 2.99. The molecule has 1 heterocycles. The zero-order valence-corrected chi connectivity index (χ0v) is 11.6. The Labute approximate surface area is 105 Å². The van der Waals surface area contributed by atoms with Gasteiger partial charge in [-0.15, -0.1) is 0 Å². The molecule has 2 rings (SSSR count). The zero-order valence-electron chi connectivity index (χ0n) is 10.8. The SMILES string of the molecule is CC(C)(NS(=O)(=O)CC1CCCNC1)C1CC1. The Morgan fingerprint density at radius 3 is 2.53 bits per heavy atom. The van der Waals surface area contributed by atoms with Crippen molar-refractivity contribution < 1.29 is 8.42 Å². The predicted octanol–water partition coefficient (Wildman–Crippen LogP) is 1.09. The lowest BCUT2D eigenvalue weighted by Gasteiger charge is -2.28. The largest absolute Gasteiger partial charge is 0.316 e. The fourth-order valence-corrected chi connectivity index (χ4v) is 4.66. The van der Waals surface area contributed by atoms with E-state index in [0.717, 1.165) is 38.8 Å². The Balaban J connectivity index is 1.89. The van der Waals surface area contributed by atoms with Gasteiger partial charge in [0.05, 0.1) is 5.75 Å². The van der Waals surface area contributed by atoms with Crippen LogP contribution in [0, 0.1) is 11.8 Å². The minimum Gasteiger partial charge on any atom is -0.316 e. The molecule has 2 aliphatic rings. The minimum atomic E-state index is -3.13. The second-order valence-electron chi connectivity index (χ2n) is 6.09. The Morgan fingerprint density at radius 1 is 1.29 bits per heavy atom. The van der Waals surface area contributed by atoms with Gasteiger partial charge in [-0.1, -0.05) is 0 Å². The van der Waals surface area contributed by atoms with Crippen LogP contribution in [0.4, 0.5) is 0 Å². The van der Waals surface area contributed by atoms with Crippen LogP contribution in [0.15, 0.2) is 0 Å². The highest BCUT2D eigenvalue weighted by molar-refractivity contribution is 7.89. The molecule has 1 saturated heterocycles. The van der Waals surface area contributed by atoms with Gasteiger partial charge < -0.3 is 5.32 Å². The van der Waals surface area contributed by atoms with Gasteiger partial charge in [-0.3, -0.25) is 0 Å². The standard InChI is InChI=1S/C12H24N2O2S/c1-12(2,11-5-6-11)14-17(15,16)9-10-4-3-7-13-8-10/h10-11,13-14H,3-9H2,1-2H3. The van der Waals surface area contributed by atoms with E-state index in [0.29, 0.717) is 5.92 Å². The number of rotatable bonds is 5. The van der Waals surface area contributed by atoms with Crippen molar-refractivity contribution in [1.29, 1.82) is 0 Å². The molecule has 5 heteroatoms. The molecule has 100 valence electrons. The predicted molar refractivity (Wildman–Crippen MR) is 69.3 cm³/mol. The highest BCUT2D eigenvalue weighted by Gasteiger charge is 2.40. The number of hydrogen-bond donors (Lipinski definition) is 2. The molecule has 1 aliphatic heterocycles. The van der Waals surface area contributed by atoms with Crippen molar-refractivity contribution in [3.8, 4) is 0 Å². The molecule has 1 aliphatic carbocycles. The van der Waals surface area contributed by atoms with Crippen LogP contribution in [0.5, 0.6) is 0 Å². The summed E-state index contributed by atoms with van der Waals surface area (Å²) in [5.41, 5.74) is -0.263. The summed E-state index contributed by atoms with van der Waals surface area (Å²) in [6.45, 7) is 5.87. The van der Waals surface area contributed by atoms with E-state index in [1.54, 1.807) is 0 Å². The van der Waals surface area contributed by atoms with Gasteiger partial charge in [-0.25, -0.2) is 13.1 Å². The van der Waals surface area contributed by atoms with Crippen LogP contribution < -0.4 is 10.0 Å². The van der Waals surface area contributed by atoms with Gasteiger partial charge in [0.25, 0.3) is 0 Å². The van der Waals surface area contributed by atoms with Gasteiger partial charge in [-0.05, 0) is 64.5 Å². The first-order chi connectivity index (χ1) is 7.89. The maximum absolute atomic E-state index is 12.1. The van der Waals surface area contributed by atoms with Crippen molar-refractivity contribution in [1.82, 2.24) is 10.0 Å². The molecule has 0 amide bonds. The first kappa shape index (κ1) is 13.3. The number of sulfonamides is 1. The van der Waals surface area contributed by atoms with Gasteiger partial charge in [-0.2, -0.15) is 0 Å². The van der Waals surface area contributed by atoms with Crippen molar-refractivity contribution in [2.45, 2.75) is 45.1 Å². The smallest absolute Gasteiger partial charge is 0.212 e. The second kappa shape index (κ2) is 4.86. The number of hydrogen-bond acceptors (Lipinski definition) is 3. The normalized spacial score (nSPS) is 27.1. The Kier molecular flexibility index (Phi) is 3.80. The molecule has 0 radical (unpaired) electrons. The third-order valence-electron chi connectivity index (χ3n) is 3.87. The average molecular weight is 260 g/mol. The molecule has 0 aromatic carbocycles. The lowest BCUT2D eigenvalue weighted by atomic mass is 10.0. The third kappa shape index (κ3) is 3.93. The summed E-state index contributed by atoms with van der Waals surface area (Å²) in [5.74, 6) is 1.08. The summed E-state index contributed by atoms with van der Waals surface area (Å²) in [5, 5.41) is 3.26. The first-order valence-corrected chi connectivity index (χ1v) is 8.27. The van der Waals surface area contributed by atoms with E-state index < -0.39 is 10.0 Å². The quantitative estimate of drug-likeness (QED) is 0.778. The zero-order chi connectivity index (χ0) is 12.5. The molecule has 2 N–H and O–H groups in total. The molecular formula is C12H24N2O2S. The molecule has 0 bridgehead atoms. The summed E-state index contributed by atoms with van der Waals surface area (Å²) in [4.78, 5) is 0. The molecule has 0 aromatic rings. The van der Waals surface area contributed by atoms with Crippen LogP contribution >= 0.6 is 0 Å². The van der Waals surface area contributed by atoms with E-state index >= 15 is 0 Å². The summed E-state index contributed by atoms with van der Waals surface area (Å²) >= 11 is 0. The number of piperidine rings is 1. The van der Waals surface area contributed by atoms with Gasteiger partial charge in [0, 0.05) is 5.54 Å². The highest BCUT2D eigenvalue weighted by atomic mass is 32.2. The Hall–Kier alpha value is -0.130. The maximum Gasteiger partial charge on any atom is 0.212 e. The lowest BCUT2D eigenvalue weighted by Crippen LogP contribution is -2.48.